The van der Waals surface area contributed by atoms with Crippen molar-refractivity contribution in [2.45, 2.75) is 19.0 Å². The van der Waals surface area contributed by atoms with Crippen molar-refractivity contribution in [2.75, 3.05) is 13.1 Å². The molecule has 132 valence electrons. The Labute approximate surface area is 153 Å². The third kappa shape index (κ3) is 4.71. The Balaban J connectivity index is 1.58. The van der Waals surface area contributed by atoms with Gasteiger partial charge < -0.3 is 10.4 Å². The number of carbonyl (C=O) groups is 1. The fraction of sp³-hybridized carbons (Fsp3) is 0.238. The van der Waals surface area contributed by atoms with E-state index in [0.717, 1.165) is 26.1 Å². The van der Waals surface area contributed by atoms with Crippen LogP contribution in [0.25, 0.3) is 6.08 Å². The van der Waals surface area contributed by atoms with Crippen molar-refractivity contribution in [3.63, 3.8) is 0 Å². The standard InChI is InChI=1S/C21H21N3O2/c22-13-18(11-17-7-4-8-20(25)12-17)21(26)23-19-9-10-24(15-19)14-16-5-2-1-3-6-16/h1-8,11-12,19,25H,9-10,14-15H2,(H,23,26). The topological polar surface area (TPSA) is 76.4 Å². The van der Waals surface area contributed by atoms with Gasteiger partial charge in [-0.2, -0.15) is 5.26 Å². The number of benzene rings is 2. The fourth-order valence-corrected chi connectivity index (χ4v) is 3.13. The van der Waals surface area contributed by atoms with Crippen molar-refractivity contribution in [2.24, 2.45) is 0 Å². The highest BCUT2D eigenvalue weighted by atomic mass is 16.3. The minimum atomic E-state index is -0.373. The largest absolute Gasteiger partial charge is 0.508 e. The summed E-state index contributed by atoms with van der Waals surface area (Å²) >= 11 is 0. The van der Waals surface area contributed by atoms with Crippen molar-refractivity contribution < 1.29 is 9.90 Å². The SMILES string of the molecule is N#CC(=Cc1cccc(O)c1)C(=O)NC1CCN(Cc2ccccc2)C1. The van der Waals surface area contributed by atoms with E-state index in [4.69, 9.17) is 0 Å². The molecule has 1 amide bonds. The lowest BCUT2D eigenvalue weighted by Crippen LogP contribution is -2.37. The number of phenols is 1. The molecule has 2 aromatic rings. The zero-order valence-electron chi connectivity index (χ0n) is 14.4. The Morgan fingerprint density at radius 2 is 2.08 bits per heavy atom. The molecule has 26 heavy (non-hydrogen) atoms. The van der Waals surface area contributed by atoms with Gasteiger partial charge in [-0.1, -0.05) is 42.5 Å². The number of nitrogens with zero attached hydrogens (tertiary/aromatic N) is 2. The predicted molar refractivity (Wildman–Crippen MR) is 100.0 cm³/mol. The molecule has 0 aromatic heterocycles. The van der Waals surface area contributed by atoms with Crippen molar-refractivity contribution >= 4 is 12.0 Å². The van der Waals surface area contributed by atoms with E-state index in [2.05, 4.69) is 22.3 Å². The van der Waals surface area contributed by atoms with Crippen LogP contribution in [0, 0.1) is 11.3 Å². The van der Waals surface area contributed by atoms with Crippen LogP contribution in [0.2, 0.25) is 0 Å². The third-order valence-electron chi connectivity index (χ3n) is 4.40. The van der Waals surface area contributed by atoms with Gasteiger partial charge in [0, 0.05) is 25.7 Å². The van der Waals surface area contributed by atoms with Crippen LogP contribution in [-0.4, -0.2) is 35.0 Å². The molecule has 1 aliphatic heterocycles. The van der Waals surface area contributed by atoms with E-state index >= 15 is 0 Å². The summed E-state index contributed by atoms with van der Waals surface area (Å²) in [5.41, 5.74) is 1.91. The van der Waals surface area contributed by atoms with Crippen molar-refractivity contribution in [3.05, 3.63) is 71.3 Å². The second kappa shape index (κ2) is 8.32. The maximum Gasteiger partial charge on any atom is 0.262 e. The fourth-order valence-electron chi connectivity index (χ4n) is 3.13. The van der Waals surface area contributed by atoms with Gasteiger partial charge >= 0.3 is 0 Å². The van der Waals surface area contributed by atoms with Crippen LogP contribution in [0.5, 0.6) is 5.75 Å². The molecule has 1 atom stereocenters. The van der Waals surface area contributed by atoms with E-state index in [-0.39, 0.29) is 23.3 Å². The van der Waals surface area contributed by atoms with Gasteiger partial charge in [-0.3, -0.25) is 9.69 Å². The van der Waals surface area contributed by atoms with Crippen molar-refractivity contribution in [3.8, 4) is 11.8 Å². The molecule has 2 aromatic carbocycles. The Hall–Kier alpha value is -3.10. The summed E-state index contributed by atoms with van der Waals surface area (Å²) in [4.78, 5) is 14.7. The van der Waals surface area contributed by atoms with E-state index in [1.54, 1.807) is 18.2 Å². The Morgan fingerprint density at radius 1 is 1.27 bits per heavy atom. The van der Waals surface area contributed by atoms with Crippen LogP contribution in [0.15, 0.2) is 60.2 Å². The van der Waals surface area contributed by atoms with Crippen LogP contribution < -0.4 is 5.32 Å². The molecular formula is C21H21N3O2. The number of likely N-dealkylation sites (tertiary alicyclic amines) is 1. The number of amides is 1. The zero-order valence-corrected chi connectivity index (χ0v) is 14.4. The number of nitrogens with one attached hydrogen (secondary N) is 1. The second-order valence-electron chi connectivity index (χ2n) is 6.44. The summed E-state index contributed by atoms with van der Waals surface area (Å²) in [6.45, 7) is 2.54. The minimum Gasteiger partial charge on any atom is -0.508 e. The molecule has 2 N–H and O–H groups in total. The molecule has 0 spiro atoms. The molecule has 5 heteroatoms. The number of rotatable bonds is 5. The second-order valence-corrected chi connectivity index (χ2v) is 6.44. The Kier molecular flexibility index (Phi) is 5.67. The average Bonchev–Trinajstić information content (AvgIpc) is 3.07. The third-order valence-corrected chi connectivity index (χ3v) is 4.40. The minimum absolute atomic E-state index is 0.0344. The van der Waals surface area contributed by atoms with Crippen LogP contribution in [0.3, 0.4) is 0 Å². The molecule has 0 radical (unpaired) electrons. The molecule has 1 unspecified atom stereocenters. The van der Waals surface area contributed by atoms with Gasteiger partial charge in [0.1, 0.15) is 17.4 Å². The number of nitriles is 1. The van der Waals surface area contributed by atoms with E-state index in [1.165, 1.54) is 17.7 Å². The van der Waals surface area contributed by atoms with E-state index in [9.17, 15) is 15.2 Å². The van der Waals surface area contributed by atoms with Gasteiger partial charge in [0.25, 0.3) is 5.91 Å². The highest BCUT2D eigenvalue weighted by molar-refractivity contribution is 6.01. The molecule has 1 saturated heterocycles. The van der Waals surface area contributed by atoms with Gasteiger partial charge in [-0.15, -0.1) is 0 Å². The van der Waals surface area contributed by atoms with Crippen molar-refractivity contribution in [1.82, 2.24) is 10.2 Å². The van der Waals surface area contributed by atoms with E-state index in [1.807, 2.05) is 24.3 Å². The summed E-state index contributed by atoms with van der Waals surface area (Å²) in [7, 11) is 0. The summed E-state index contributed by atoms with van der Waals surface area (Å²) in [6.07, 6.45) is 2.36. The first-order valence-corrected chi connectivity index (χ1v) is 8.62. The van der Waals surface area contributed by atoms with Crippen LogP contribution >= 0.6 is 0 Å². The van der Waals surface area contributed by atoms with E-state index in [0.29, 0.717) is 5.56 Å². The normalized spacial score (nSPS) is 17.7. The van der Waals surface area contributed by atoms with Gasteiger partial charge in [0.15, 0.2) is 0 Å². The van der Waals surface area contributed by atoms with Crippen molar-refractivity contribution in [1.29, 1.82) is 5.26 Å². The highest BCUT2D eigenvalue weighted by Crippen LogP contribution is 2.16. The lowest BCUT2D eigenvalue weighted by atomic mass is 10.1. The molecule has 1 heterocycles. The van der Waals surface area contributed by atoms with Crippen LogP contribution in [-0.2, 0) is 11.3 Å². The summed E-state index contributed by atoms with van der Waals surface area (Å²) in [6, 6.07) is 18.7. The predicted octanol–water partition coefficient (Wildman–Crippen LogP) is 2.69. The van der Waals surface area contributed by atoms with E-state index < -0.39 is 0 Å². The molecule has 1 fully saturated rings. The summed E-state index contributed by atoms with van der Waals surface area (Å²) < 4.78 is 0. The lowest BCUT2D eigenvalue weighted by Gasteiger charge is -2.16. The first-order chi connectivity index (χ1) is 12.6. The van der Waals surface area contributed by atoms with Gasteiger partial charge in [-0.25, -0.2) is 0 Å². The number of hydrogen-bond acceptors (Lipinski definition) is 4. The number of hydrogen-bond donors (Lipinski definition) is 2. The molecule has 0 saturated carbocycles. The molecule has 1 aliphatic rings. The molecular weight excluding hydrogens is 326 g/mol. The van der Waals surface area contributed by atoms with Gasteiger partial charge in [0.05, 0.1) is 0 Å². The van der Waals surface area contributed by atoms with Crippen LogP contribution in [0.4, 0.5) is 0 Å². The summed E-state index contributed by atoms with van der Waals surface area (Å²) in [5.74, 6) is -0.272. The maximum absolute atomic E-state index is 12.4. The first-order valence-electron chi connectivity index (χ1n) is 8.62. The van der Waals surface area contributed by atoms with Gasteiger partial charge in [0.2, 0.25) is 0 Å². The monoisotopic (exact) mass is 347 g/mol. The molecule has 5 nitrogen and oxygen atoms in total. The Morgan fingerprint density at radius 3 is 2.81 bits per heavy atom. The molecule has 0 aliphatic carbocycles. The average molecular weight is 347 g/mol. The number of carbonyl (C=O) groups excluding carboxylic acids is 1. The number of aromatic hydroxyl groups is 1. The Bertz CT molecular complexity index is 840. The quantitative estimate of drug-likeness (QED) is 0.644. The molecule has 0 bridgehead atoms. The molecule has 3 rings (SSSR count). The highest BCUT2D eigenvalue weighted by Gasteiger charge is 2.24. The first kappa shape index (κ1) is 17.7. The maximum atomic E-state index is 12.4. The lowest BCUT2D eigenvalue weighted by molar-refractivity contribution is -0.117. The smallest absolute Gasteiger partial charge is 0.262 e. The summed E-state index contributed by atoms with van der Waals surface area (Å²) in [5, 5.41) is 21.7. The van der Waals surface area contributed by atoms with Crippen LogP contribution in [0.1, 0.15) is 17.5 Å². The number of phenolic OH excluding ortho intramolecular Hbond substituents is 1. The zero-order chi connectivity index (χ0) is 18.4. The van der Waals surface area contributed by atoms with Gasteiger partial charge in [-0.05, 0) is 35.8 Å².